The van der Waals surface area contributed by atoms with Crippen molar-refractivity contribution in [3.8, 4) is 0 Å². The number of carbonyl (C=O) groups excluding carboxylic acids is 1. The highest BCUT2D eigenvalue weighted by Gasteiger charge is 2.27. The summed E-state index contributed by atoms with van der Waals surface area (Å²) in [4.78, 5) is 14.6. The second kappa shape index (κ2) is 7.17. The maximum Gasteiger partial charge on any atom is 0.227 e. The van der Waals surface area contributed by atoms with Gasteiger partial charge in [-0.2, -0.15) is 0 Å². The van der Waals surface area contributed by atoms with Gasteiger partial charge in [-0.15, -0.1) is 0 Å². The summed E-state index contributed by atoms with van der Waals surface area (Å²) in [6.45, 7) is 2.94. The van der Waals surface area contributed by atoms with Crippen LogP contribution < -0.4 is 4.72 Å². The van der Waals surface area contributed by atoms with E-state index in [1.165, 1.54) is 0 Å². The molecule has 7 heteroatoms. The van der Waals surface area contributed by atoms with Gasteiger partial charge in [0, 0.05) is 30.1 Å². The number of fused-ring (bicyclic) bond motifs is 1. The third-order valence-corrected chi connectivity index (χ3v) is 5.37. The van der Waals surface area contributed by atoms with E-state index in [0.717, 1.165) is 47.6 Å². The summed E-state index contributed by atoms with van der Waals surface area (Å²) in [7, 11) is -3.26. The number of nitrogens with zero attached hydrogens (tertiary/aromatic N) is 1. The molecule has 0 bridgehead atoms. The number of furan rings is 1. The molecule has 0 aliphatic carbocycles. The first kappa shape index (κ1) is 17.9. The first-order chi connectivity index (χ1) is 11.8. The molecule has 1 aromatic carbocycles. The van der Waals surface area contributed by atoms with E-state index in [-0.39, 0.29) is 24.9 Å². The van der Waals surface area contributed by atoms with Gasteiger partial charge < -0.3 is 9.32 Å². The Morgan fingerprint density at radius 1 is 1.36 bits per heavy atom. The molecule has 0 radical (unpaired) electrons. The van der Waals surface area contributed by atoms with Crippen LogP contribution in [0.2, 0.25) is 0 Å². The summed E-state index contributed by atoms with van der Waals surface area (Å²) in [5, 5.41) is 0.960. The summed E-state index contributed by atoms with van der Waals surface area (Å²) in [6.07, 6.45) is 5.84. The van der Waals surface area contributed by atoms with Crippen molar-refractivity contribution in [3.05, 3.63) is 35.6 Å². The van der Waals surface area contributed by atoms with Gasteiger partial charge >= 0.3 is 0 Å². The van der Waals surface area contributed by atoms with Gasteiger partial charge in [0.25, 0.3) is 0 Å². The number of carbonyl (C=O) groups is 1. The Balaban J connectivity index is 1.73. The molecule has 1 aliphatic rings. The van der Waals surface area contributed by atoms with E-state index in [9.17, 15) is 13.2 Å². The fourth-order valence-corrected chi connectivity index (χ4v) is 3.88. The molecule has 1 aliphatic heterocycles. The highest BCUT2D eigenvalue weighted by molar-refractivity contribution is 7.88. The van der Waals surface area contributed by atoms with E-state index in [2.05, 4.69) is 4.72 Å². The fraction of sp³-hybridized carbons (Fsp3) is 0.500. The molecule has 6 nitrogen and oxygen atoms in total. The van der Waals surface area contributed by atoms with Crippen molar-refractivity contribution in [2.24, 2.45) is 0 Å². The lowest BCUT2D eigenvalue weighted by Crippen LogP contribution is -2.49. The van der Waals surface area contributed by atoms with Gasteiger partial charge in [0.2, 0.25) is 15.9 Å². The number of sulfonamides is 1. The fourth-order valence-electron chi connectivity index (χ4n) is 3.38. The molecule has 3 rings (SSSR count). The number of likely N-dealkylation sites (tertiary alicyclic amines) is 1. The molecule has 136 valence electrons. The van der Waals surface area contributed by atoms with Gasteiger partial charge in [-0.25, -0.2) is 13.1 Å². The van der Waals surface area contributed by atoms with Crippen molar-refractivity contribution in [1.29, 1.82) is 0 Å². The van der Waals surface area contributed by atoms with Gasteiger partial charge in [-0.1, -0.05) is 12.1 Å². The minimum absolute atomic E-state index is 0.0169. The third-order valence-electron chi connectivity index (χ3n) is 4.68. The maximum absolute atomic E-state index is 12.8. The first-order valence-corrected chi connectivity index (χ1v) is 10.4. The van der Waals surface area contributed by atoms with E-state index in [4.69, 9.17) is 4.42 Å². The Kier molecular flexibility index (Phi) is 5.15. The molecule has 1 N–H and O–H groups in total. The van der Waals surface area contributed by atoms with Crippen LogP contribution >= 0.6 is 0 Å². The smallest absolute Gasteiger partial charge is 0.227 e. The van der Waals surface area contributed by atoms with Crippen LogP contribution in [0.4, 0.5) is 0 Å². The number of aryl methyl sites for hydroxylation is 1. The van der Waals surface area contributed by atoms with Crippen LogP contribution in [-0.4, -0.2) is 44.6 Å². The number of piperidine rings is 1. The lowest BCUT2D eigenvalue weighted by Gasteiger charge is -2.35. The number of nitrogens with one attached hydrogen (secondary N) is 1. The normalized spacial score (nSPS) is 18.6. The molecule has 1 amide bonds. The number of hydrogen-bond acceptors (Lipinski definition) is 4. The Morgan fingerprint density at radius 2 is 2.16 bits per heavy atom. The summed E-state index contributed by atoms with van der Waals surface area (Å²) in [5.74, 6) is 0.0169. The number of benzene rings is 1. The second-order valence-corrected chi connectivity index (χ2v) is 8.63. The average molecular weight is 364 g/mol. The van der Waals surface area contributed by atoms with E-state index >= 15 is 0 Å². The summed E-state index contributed by atoms with van der Waals surface area (Å²) >= 11 is 0. The SMILES string of the molecule is Cc1ccc2c(CC(=O)N3CCCC[C@@H]3CNS(C)(=O)=O)coc2c1. The van der Waals surface area contributed by atoms with Crippen molar-refractivity contribution in [1.82, 2.24) is 9.62 Å². The van der Waals surface area contributed by atoms with E-state index in [1.54, 1.807) is 6.26 Å². The molecule has 25 heavy (non-hydrogen) atoms. The van der Waals surface area contributed by atoms with E-state index < -0.39 is 10.0 Å². The van der Waals surface area contributed by atoms with Crippen LogP contribution in [-0.2, 0) is 21.2 Å². The van der Waals surface area contributed by atoms with Crippen molar-refractivity contribution in [2.45, 2.75) is 38.6 Å². The molecular weight excluding hydrogens is 340 g/mol. The van der Waals surface area contributed by atoms with Gasteiger partial charge in [0.05, 0.1) is 18.9 Å². The zero-order valence-corrected chi connectivity index (χ0v) is 15.4. The van der Waals surface area contributed by atoms with Crippen LogP contribution in [0.1, 0.15) is 30.4 Å². The number of rotatable bonds is 5. The molecule has 0 spiro atoms. The Labute approximate surface area is 148 Å². The third kappa shape index (κ3) is 4.41. The quantitative estimate of drug-likeness (QED) is 0.882. The standard InChI is InChI=1S/C18H24N2O4S/c1-13-6-7-16-14(12-24-17(16)9-13)10-18(21)20-8-4-3-5-15(20)11-19-25(2,22)23/h6-7,9,12,15,19H,3-5,8,10-11H2,1-2H3/t15-/m1/s1. The van der Waals surface area contributed by atoms with Crippen molar-refractivity contribution in [2.75, 3.05) is 19.3 Å². The van der Waals surface area contributed by atoms with Crippen molar-refractivity contribution < 1.29 is 17.6 Å². The van der Waals surface area contributed by atoms with Gasteiger partial charge in [-0.05, 0) is 37.8 Å². The number of hydrogen-bond donors (Lipinski definition) is 1. The largest absolute Gasteiger partial charge is 0.464 e. The van der Waals surface area contributed by atoms with Gasteiger partial charge in [-0.3, -0.25) is 4.79 Å². The zero-order valence-electron chi connectivity index (χ0n) is 14.6. The highest BCUT2D eigenvalue weighted by atomic mass is 32.2. The van der Waals surface area contributed by atoms with Crippen molar-refractivity contribution >= 4 is 26.9 Å². The van der Waals surface area contributed by atoms with E-state index in [0.29, 0.717) is 6.54 Å². The molecule has 0 saturated carbocycles. The number of amides is 1. The maximum atomic E-state index is 12.8. The zero-order chi connectivity index (χ0) is 18.0. The monoisotopic (exact) mass is 364 g/mol. The summed E-state index contributed by atoms with van der Waals surface area (Å²) in [5.41, 5.74) is 2.78. The molecule has 1 atom stereocenters. The van der Waals surface area contributed by atoms with Crippen LogP contribution in [0, 0.1) is 6.92 Å². The van der Waals surface area contributed by atoms with Gasteiger partial charge in [0.15, 0.2) is 0 Å². The highest BCUT2D eigenvalue weighted by Crippen LogP contribution is 2.24. The van der Waals surface area contributed by atoms with E-state index in [1.807, 2.05) is 30.0 Å². The molecule has 1 saturated heterocycles. The Bertz CT molecular complexity index is 872. The minimum Gasteiger partial charge on any atom is -0.464 e. The average Bonchev–Trinajstić information content (AvgIpc) is 2.94. The Hall–Kier alpha value is -1.86. The molecule has 1 fully saturated rings. The van der Waals surface area contributed by atoms with Crippen LogP contribution in [0.15, 0.2) is 28.9 Å². The van der Waals surface area contributed by atoms with Gasteiger partial charge in [0.1, 0.15) is 5.58 Å². The molecule has 2 heterocycles. The first-order valence-electron chi connectivity index (χ1n) is 8.54. The Morgan fingerprint density at radius 3 is 2.92 bits per heavy atom. The van der Waals surface area contributed by atoms with Crippen molar-refractivity contribution in [3.63, 3.8) is 0 Å². The topological polar surface area (TPSA) is 79.6 Å². The van der Waals surface area contributed by atoms with Crippen LogP contribution in [0.25, 0.3) is 11.0 Å². The second-order valence-electron chi connectivity index (χ2n) is 6.79. The lowest BCUT2D eigenvalue weighted by atomic mass is 10.0. The lowest BCUT2D eigenvalue weighted by molar-refractivity contribution is -0.133. The molecular formula is C18H24N2O4S. The summed E-state index contributed by atoms with van der Waals surface area (Å²) < 4.78 is 30.8. The molecule has 0 unspecified atom stereocenters. The molecule has 1 aromatic heterocycles. The predicted molar refractivity (Wildman–Crippen MR) is 96.9 cm³/mol. The molecule has 2 aromatic rings. The predicted octanol–water partition coefficient (Wildman–Crippen LogP) is 2.21. The van der Waals surface area contributed by atoms with Crippen LogP contribution in [0.5, 0.6) is 0 Å². The minimum atomic E-state index is -3.26. The summed E-state index contributed by atoms with van der Waals surface area (Å²) in [6, 6.07) is 5.86. The van der Waals surface area contributed by atoms with Crippen LogP contribution in [0.3, 0.4) is 0 Å².